The highest BCUT2D eigenvalue weighted by molar-refractivity contribution is 5.77. The second-order valence-electron chi connectivity index (χ2n) is 4.10. The molecule has 1 amide bonds. The van der Waals surface area contributed by atoms with E-state index in [-0.39, 0.29) is 24.4 Å². The molecule has 0 aliphatic rings. The molecular weight excluding hydrogens is 248 g/mol. The Balaban J connectivity index is 2.31. The van der Waals surface area contributed by atoms with Crippen molar-refractivity contribution >= 4 is 16.8 Å². The fourth-order valence-corrected chi connectivity index (χ4v) is 1.87. The number of H-pyrrole nitrogens is 1. The van der Waals surface area contributed by atoms with E-state index in [1.54, 1.807) is 24.3 Å². The maximum absolute atomic E-state index is 12.1. The lowest BCUT2D eigenvalue weighted by Crippen LogP contribution is -2.36. The smallest absolute Gasteiger partial charge is 0.307 e. The zero-order valence-corrected chi connectivity index (χ0v) is 10.2. The molecule has 0 saturated heterocycles. The summed E-state index contributed by atoms with van der Waals surface area (Å²) in [7, 11) is 0. The zero-order valence-electron chi connectivity index (χ0n) is 10.2. The van der Waals surface area contributed by atoms with E-state index in [1.165, 1.54) is 0 Å². The van der Waals surface area contributed by atoms with Gasteiger partial charge in [-0.25, -0.2) is 10.6 Å². The number of rotatable bonds is 4. The number of nitrogens with one attached hydrogen (secondary N) is 2. The molecule has 4 N–H and O–H groups in total. The van der Waals surface area contributed by atoms with Crippen LogP contribution >= 0.6 is 0 Å². The molecule has 2 rings (SSSR count). The summed E-state index contributed by atoms with van der Waals surface area (Å²) >= 11 is 0. The molecule has 0 atom stereocenters. The van der Waals surface area contributed by atoms with E-state index in [1.807, 2.05) is 5.43 Å². The lowest BCUT2D eigenvalue weighted by Gasteiger charge is -2.05. The van der Waals surface area contributed by atoms with Crippen LogP contribution in [0.2, 0.25) is 0 Å². The van der Waals surface area contributed by atoms with E-state index in [9.17, 15) is 14.4 Å². The average molecular weight is 262 g/mol. The van der Waals surface area contributed by atoms with Gasteiger partial charge in [0.25, 0.3) is 5.56 Å². The number of aromatic nitrogens is 2. The maximum Gasteiger partial charge on any atom is 0.328 e. The first-order chi connectivity index (χ1) is 9.13. The highest BCUT2D eigenvalue weighted by atomic mass is 16.2. The van der Waals surface area contributed by atoms with Crippen molar-refractivity contribution in [3.05, 3.63) is 45.1 Å². The quantitative estimate of drug-likeness (QED) is 0.390. The van der Waals surface area contributed by atoms with Crippen LogP contribution in [-0.2, 0) is 11.3 Å². The Bertz CT molecular complexity index is 717. The number of nitrogens with zero attached hydrogens (tertiary/aromatic N) is 1. The minimum atomic E-state index is -0.475. The molecule has 0 radical (unpaired) electrons. The van der Waals surface area contributed by atoms with Crippen LogP contribution in [-0.4, -0.2) is 15.5 Å². The second-order valence-corrected chi connectivity index (χ2v) is 4.10. The predicted octanol–water partition coefficient (Wildman–Crippen LogP) is -0.540. The first-order valence-electron chi connectivity index (χ1n) is 5.85. The third kappa shape index (κ3) is 2.71. The van der Waals surface area contributed by atoms with E-state index >= 15 is 0 Å². The minimum absolute atomic E-state index is 0.162. The number of nitrogens with two attached hydrogens (primary N) is 1. The number of carbonyl (C=O) groups excluding carboxylic acids is 1. The summed E-state index contributed by atoms with van der Waals surface area (Å²) in [5.41, 5.74) is 1.68. The molecule has 0 fully saturated rings. The number of aromatic amines is 1. The topological polar surface area (TPSA) is 110 Å². The summed E-state index contributed by atoms with van der Waals surface area (Å²) < 4.78 is 1.09. The van der Waals surface area contributed by atoms with Gasteiger partial charge in [-0.3, -0.25) is 19.6 Å². The van der Waals surface area contributed by atoms with Crippen LogP contribution < -0.4 is 22.5 Å². The fraction of sp³-hybridized carbons (Fsp3) is 0.250. The van der Waals surface area contributed by atoms with Gasteiger partial charge in [0, 0.05) is 13.0 Å². The Kier molecular flexibility index (Phi) is 3.76. The largest absolute Gasteiger partial charge is 0.328 e. The Morgan fingerprint density at radius 2 is 2.05 bits per heavy atom. The van der Waals surface area contributed by atoms with Crippen molar-refractivity contribution in [1.29, 1.82) is 0 Å². The van der Waals surface area contributed by atoms with Gasteiger partial charge in [0.05, 0.1) is 10.9 Å². The molecule has 1 heterocycles. The highest BCUT2D eigenvalue weighted by Gasteiger charge is 2.07. The number of hydrogen-bond donors (Lipinski definition) is 3. The molecule has 1 aromatic carbocycles. The van der Waals surface area contributed by atoms with Gasteiger partial charge in [0.15, 0.2) is 0 Å². The summed E-state index contributed by atoms with van der Waals surface area (Å²) in [6.45, 7) is 0.173. The molecule has 0 aliphatic carbocycles. The number of carbonyl (C=O) groups is 1. The second kappa shape index (κ2) is 5.49. The summed E-state index contributed by atoms with van der Waals surface area (Å²) in [6, 6.07) is 6.79. The lowest BCUT2D eigenvalue weighted by molar-refractivity contribution is -0.121. The molecule has 7 heteroatoms. The normalized spacial score (nSPS) is 10.6. The first kappa shape index (κ1) is 13.0. The number of para-hydroxylation sites is 1. The van der Waals surface area contributed by atoms with Crippen LogP contribution in [0.1, 0.15) is 12.8 Å². The molecular formula is C12H14N4O3. The van der Waals surface area contributed by atoms with Gasteiger partial charge in [-0.1, -0.05) is 12.1 Å². The van der Waals surface area contributed by atoms with Crippen molar-refractivity contribution in [2.75, 3.05) is 0 Å². The monoisotopic (exact) mass is 262 g/mol. The number of hydrazine groups is 1. The van der Waals surface area contributed by atoms with Gasteiger partial charge >= 0.3 is 5.69 Å². The molecule has 0 spiro atoms. The minimum Gasteiger partial charge on any atom is -0.307 e. The van der Waals surface area contributed by atoms with Gasteiger partial charge in [-0.05, 0) is 18.6 Å². The van der Waals surface area contributed by atoms with Crippen LogP contribution in [0, 0.1) is 0 Å². The van der Waals surface area contributed by atoms with Crippen LogP contribution in [0.4, 0.5) is 0 Å². The Morgan fingerprint density at radius 3 is 2.79 bits per heavy atom. The Labute approximate surface area is 108 Å². The molecule has 0 aliphatic heterocycles. The van der Waals surface area contributed by atoms with Gasteiger partial charge in [0.2, 0.25) is 5.91 Å². The molecule has 1 aromatic heterocycles. The van der Waals surface area contributed by atoms with E-state index in [0.717, 1.165) is 4.57 Å². The lowest BCUT2D eigenvalue weighted by atomic mass is 10.2. The van der Waals surface area contributed by atoms with Gasteiger partial charge in [-0.15, -0.1) is 0 Å². The first-order valence-corrected chi connectivity index (χ1v) is 5.85. The fourth-order valence-electron chi connectivity index (χ4n) is 1.87. The SMILES string of the molecule is NNC(=O)CCCn1c(=O)[nH]c2ccccc2c1=O. The average Bonchev–Trinajstić information content (AvgIpc) is 2.42. The molecule has 0 bridgehead atoms. The molecule has 0 saturated carbocycles. The van der Waals surface area contributed by atoms with E-state index in [2.05, 4.69) is 4.98 Å². The summed E-state index contributed by atoms with van der Waals surface area (Å²) in [6.07, 6.45) is 0.527. The highest BCUT2D eigenvalue weighted by Crippen LogP contribution is 2.03. The van der Waals surface area contributed by atoms with Crippen molar-refractivity contribution in [2.24, 2.45) is 5.84 Å². The molecule has 19 heavy (non-hydrogen) atoms. The predicted molar refractivity (Wildman–Crippen MR) is 70.4 cm³/mol. The van der Waals surface area contributed by atoms with Crippen molar-refractivity contribution in [1.82, 2.24) is 15.0 Å². The van der Waals surface area contributed by atoms with Crippen molar-refractivity contribution in [3.63, 3.8) is 0 Å². The number of benzene rings is 1. The standard InChI is InChI=1S/C12H14N4O3/c13-15-10(17)6-3-7-16-11(18)8-4-1-2-5-9(8)14-12(16)19/h1-2,4-5H,3,6-7,13H2,(H,14,19)(H,15,17). The summed E-state index contributed by atoms with van der Waals surface area (Å²) in [5.74, 6) is 4.62. The van der Waals surface area contributed by atoms with Gasteiger partial charge < -0.3 is 4.98 Å². The van der Waals surface area contributed by atoms with E-state index in [0.29, 0.717) is 17.3 Å². The maximum atomic E-state index is 12.1. The van der Waals surface area contributed by atoms with Gasteiger partial charge in [0.1, 0.15) is 0 Å². The number of hydrogen-bond acceptors (Lipinski definition) is 4. The van der Waals surface area contributed by atoms with Crippen molar-refractivity contribution in [3.8, 4) is 0 Å². The third-order valence-corrected chi connectivity index (χ3v) is 2.84. The molecule has 0 unspecified atom stereocenters. The van der Waals surface area contributed by atoms with Gasteiger partial charge in [-0.2, -0.15) is 0 Å². The number of amides is 1. The summed E-state index contributed by atoms with van der Waals surface area (Å²) in [4.78, 5) is 37.5. The van der Waals surface area contributed by atoms with E-state index in [4.69, 9.17) is 5.84 Å². The Morgan fingerprint density at radius 1 is 1.32 bits per heavy atom. The van der Waals surface area contributed by atoms with Crippen molar-refractivity contribution in [2.45, 2.75) is 19.4 Å². The molecule has 100 valence electrons. The van der Waals surface area contributed by atoms with Crippen LogP contribution in [0.3, 0.4) is 0 Å². The van der Waals surface area contributed by atoms with Crippen LogP contribution in [0.15, 0.2) is 33.9 Å². The third-order valence-electron chi connectivity index (χ3n) is 2.84. The summed E-state index contributed by atoms with van der Waals surface area (Å²) in [5, 5.41) is 0.449. The van der Waals surface area contributed by atoms with E-state index < -0.39 is 5.69 Å². The molecule has 2 aromatic rings. The molecule has 7 nitrogen and oxygen atoms in total. The van der Waals surface area contributed by atoms with Crippen LogP contribution in [0.5, 0.6) is 0 Å². The van der Waals surface area contributed by atoms with Crippen molar-refractivity contribution < 1.29 is 4.79 Å². The van der Waals surface area contributed by atoms with Crippen LogP contribution in [0.25, 0.3) is 10.9 Å². The zero-order chi connectivity index (χ0) is 13.8. The number of fused-ring (bicyclic) bond motifs is 1. The Hall–Kier alpha value is -2.41.